The monoisotopic (exact) mass is 380 g/mol. The van der Waals surface area contributed by atoms with E-state index in [2.05, 4.69) is 10.2 Å². The maximum atomic E-state index is 13.9. The minimum absolute atomic E-state index is 0.00735. The molecule has 5 nitrogen and oxygen atoms in total. The van der Waals surface area contributed by atoms with E-state index in [4.69, 9.17) is 10.5 Å². The molecule has 0 fully saturated rings. The van der Waals surface area contributed by atoms with Gasteiger partial charge in [0.2, 0.25) is 0 Å². The van der Waals surface area contributed by atoms with Crippen molar-refractivity contribution in [3.63, 3.8) is 0 Å². The van der Waals surface area contributed by atoms with Gasteiger partial charge in [-0.2, -0.15) is 0 Å². The minimum Gasteiger partial charge on any atom is -0.474 e. The van der Waals surface area contributed by atoms with E-state index in [0.717, 1.165) is 0 Å². The average Bonchev–Trinajstić information content (AvgIpc) is 2.96. The summed E-state index contributed by atoms with van der Waals surface area (Å²) in [4.78, 5) is 0. The highest BCUT2D eigenvalue weighted by Crippen LogP contribution is 2.32. The van der Waals surface area contributed by atoms with E-state index in [9.17, 15) is 17.6 Å². The first-order valence-electron chi connectivity index (χ1n) is 7.89. The van der Waals surface area contributed by atoms with Gasteiger partial charge in [-0.15, -0.1) is 10.2 Å². The molecule has 3 aromatic rings. The molecule has 0 amide bonds. The van der Waals surface area contributed by atoms with Gasteiger partial charge in [-0.25, -0.2) is 17.6 Å². The lowest BCUT2D eigenvalue weighted by Gasteiger charge is -2.26. The molecule has 0 aliphatic carbocycles. The molecule has 9 heteroatoms. The number of nitrogen functional groups attached to an aromatic ring is 1. The zero-order chi connectivity index (χ0) is 19.9. The normalized spacial score (nSPS) is 11.7. The van der Waals surface area contributed by atoms with Gasteiger partial charge in [0.1, 0.15) is 11.6 Å². The molecule has 0 bridgehead atoms. The summed E-state index contributed by atoms with van der Waals surface area (Å²) in [5.41, 5.74) is 4.55. The number of nitrogens with zero attached hydrogens (tertiary/aromatic N) is 3. The first-order valence-corrected chi connectivity index (χ1v) is 7.89. The van der Waals surface area contributed by atoms with Crippen LogP contribution in [0.15, 0.2) is 30.3 Å². The van der Waals surface area contributed by atoms with E-state index in [0.29, 0.717) is 23.5 Å². The molecule has 27 heavy (non-hydrogen) atoms. The molecular weight excluding hydrogens is 364 g/mol. The summed E-state index contributed by atoms with van der Waals surface area (Å²) >= 11 is 0. The Morgan fingerprint density at radius 3 is 2.19 bits per heavy atom. The lowest BCUT2D eigenvalue weighted by atomic mass is 10.1. The van der Waals surface area contributed by atoms with Crippen LogP contribution in [0.4, 0.5) is 23.2 Å². The molecule has 0 saturated heterocycles. The minimum atomic E-state index is -1.33. The average molecular weight is 380 g/mol. The second-order valence-corrected chi connectivity index (χ2v) is 6.45. The Balaban J connectivity index is 1.99. The zero-order valence-corrected chi connectivity index (χ0v) is 14.7. The van der Waals surface area contributed by atoms with E-state index < -0.39 is 34.6 Å². The fourth-order valence-corrected chi connectivity index (χ4v) is 2.70. The van der Waals surface area contributed by atoms with Crippen molar-refractivity contribution in [1.29, 1.82) is 0 Å². The standard InChI is InChI=1S/C18H16F4N4O/c1-18(2,27-15-12(21)7-10(19)8-13(15)22)17-25-24-16(26(17)3)9-4-5-14(23)11(20)6-9/h4-8H,23H2,1-3H3. The van der Waals surface area contributed by atoms with Crippen molar-refractivity contribution >= 4 is 5.69 Å². The smallest absolute Gasteiger partial charge is 0.192 e. The lowest BCUT2D eigenvalue weighted by Crippen LogP contribution is -2.30. The Morgan fingerprint density at radius 1 is 0.963 bits per heavy atom. The topological polar surface area (TPSA) is 66.0 Å². The number of halogens is 4. The van der Waals surface area contributed by atoms with Crippen molar-refractivity contribution < 1.29 is 22.3 Å². The van der Waals surface area contributed by atoms with Gasteiger partial charge >= 0.3 is 0 Å². The zero-order valence-electron chi connectivity index (χ0n) is 14.7. The molecule has 3 rings (SSSR count). The third kappa shape index (κ3) is 3.44. The van der Waals surface area contributed by atoms with Crippen LogP contribution in [0, 0.1) is 23.3 Å². The first kappa shape index (κ1) is 18.7. The van der Waals surface area contributed by atoms with Gasteiger partial charge in [-0.05, 0) is 32.0 Å². The Bertz CT molecular complexity index is 994. The maximum Gasteiger partial charge on any atom is 0.192 e. The number of ether oxygens (including phenoxy) is 1. The number of rotatable bonds is 4. The molecule has 0 aliphatic heterocycles. The molecule has 1 heterocycles. The van der Waals surface area contributed by atoms with E-state index >= 15 is 0 Å². The fraction of sp³-hybridized carbons (Fsp3) is 0.222. The van der Waals surface area contributed by atoms with Gasteiger partial charge in [0, 0.05) is 24.7 Å². The van der Waals surface area contributed by atoms with E-state index in [1.54, 1.807) is 13.1 Å². The van der Waals surface area contributed by atoms with Crippen molar-refractivity contribution in [3.8, 4) is 17.1 Å². The largest absolute Gasteiger partial charge is 0.474 e. The van der Waals surface area contributed by atoms with Crippen LogP contribution in [0.1, 0.15) is 19.7 Å². The molecule has 0 radical (unpaired) electrons. The second-order valence-electron chi connectivity index (χ2n) is 6.45. The Morgan fingerprint density at radius 2 is 1.59 bits per heavy atom. The highest BCUT2D eigenvalue weighted by molar-refractivity contribution is 5.59. The van der Waals surface area contributed by atoms with E-state index in [1.165, 1.54) is 30.5 Å². The van der Waals surface area contributed by atoms with Crippen LogP contribution in [0.2, 0.25) is 0 Å². The predicted octanol–water partition coefficient (Wildman–Crippen LogP) is 3.93. The van der Waals surface area contributed by atoms with Crippen molar-refractivity contribution in [2.45, 2.75) is 19.4 Å². The summed E-state index contributed by atoms with van der Waals surface area (Å²) in [6.45, 7) is 3.04. The Kier molecular flexibility index (Phi) is 4.54. The molecule has 0 aliphatic rings. The van der Waals surface area contributed by atoms with Gasteiger partial charge in [0.25, 0.3) is 0 Å². The van der Waals surface area contributed by atoms with Crippen LogP contribution in [0.5, 0.6) is 5.75 Å². The van der Waals surface area contributed by atoms with Gasteiger partial charge in [-0.3, -0.25) is 0 Å². The summed E-state index contributed by atoms with van der Waals surface area (Å²) in [7, 11) is 1.60. The fourth-order valence-electron chi connectivity index (χ4n) is 2.70. The van der Waals surface area contributed by atoms with Gasteiger partial charge < -0.3 is 15.0 Å². The number of benzene rings is 2. The maximum absolute atomic E-state index is 13.9. The molecule has 0 saturated carbocycles. The Labute approximate surface area is 152 Å². The van der Waals surface area contributed by atoms with Crippen LogP contribution < -0.4 is 10.5 Å². The number of anilines is 1. The molecule has 0 spiro atoms. The summed E-state index contributed by atoms with van der Waals surface area (Å²) < 4.78 is 61.6. The second kappa shape index (κ2) is 6.57. The molecule has 1 aromatic heterocycles. The quantitative estimate of drug-likeness (QED) is 0.550. The van der Waals surface area contributed by atoms with Gasteiger partial charge in [-0.1, -0.05) is 0 Å². The number of hydrogen-bond donors (Lipinski definition) is 1. The third-order valence-electron chi connectivity index (χ3n) is 3.99. The SMILES string of the molecule is Cn1c(-c2ccc(N)c(F)c2)nnc1C(C)(C)Oc1c(F)cc(F)cc1F. The molecule has 2 N–H and O–H groups in total. The van der Waals surface area contributed by atoms with Crippen LogP contribution in [0.3, 0.4) is 0 Å². The van der Waals surface area contributed by atoms with Crippen molar-refractivity contribution in [2.24, 2.45) is 7.05 Å². The molecular formula is C18H16F4N4O. The molecule has 0 atom stereocenters. The highest BCUT2D eigenvalue weighted by Gasteiger charge is 2.32. The van der Waals surface area contributed by atoms with Crippen molar-refractivity contribution in [1.82, 2.24) is 14.8 Å². The summed E-state index contributed by atoms with van der Waals surface area (Å²) in [6, 6.07) is 5.21. The van der Waals surface area contributed by atoms with Crippen molar-refractivity contribution in [3.05, 3.63) is 59.4 Å². The predicted molar refractivity (Wildman–Crippen MR) is 90.8 cm³/mol. The van der Waals surface area contributed by atoms with Crippen LogP contribution in [0.25, 0.3) is 11.4 Å². The molecule has 0 unspecified atom stereocenters. The third-order valence-corrected chi connectivity index (χ3v) is 3.99. The highest BCUT2D eigenvalue weighted by atomic mass is 19.1. The lowest BCUT2D eigenvalue weighted by molar-refractivity contribution is 0.0833. The summed E-state index contributed by atoms with van der Waals surface area (Å²) in [6.07, 6.45) is 0. The number of aromatic nitrogens is 3. The van der Waals surface area contributed by atoms with E-state index in [1.807, 2.05) is 0 Å². The summed E-state index contributed by atoms with van der Waals surface area (Å²) in [5, 5.41) is 8.01. The molecule has 2 aromatic carbocycles. The number of hydrogen-bond acceptors (Lipinski definition) is 4. The van der Waals surface area contributed by atoms with E-state index in [-0.39, 0.29) is 11.5 Å². The van der Waals surface area contributed by atoms with Crippen LogP contribution in [-0.4, -0.2) is 14.8 Å². The number of nitrogens with two attached hydrogens (primary N) is 1. The van der Waals surface area contributed by atoms with Gasteiger partial charge in [0.15, 0.2) is 34.6 Å². The van der Waals surface area contributed by atoms with Crippen LogP contribution >= 0.6 is 0 Å². The summed E-state index contributed by atoms with van der Waals surface area (Å²) in [5.74, 6) is -4.22. The van der Waals surface area contributed by atoms with Gasteiger partial charge in [0.05, 0.1) is 5.69 Å². The first-order chi connectivity index (χ1) is 12.6. The Hall–Kier alpha value is -3.10. The molecule has 142 valence electrons. The van der Waals surface area contributed by atoms with Crippen molar-refractivity contribution in [2.75, 3.05) is 5.73 Å². The van der Waals surface area contributed by atoms with Crippen LogP contribution in [-0.2, 0) is 12.6 Å².